The fraction of sp³-hybridized carbons (Fsp3) is 0.500. The number of piperazine rings is 1. The summed E-state index contributed by atoms with van der Waals surface area (Å²) in [5.74, 6) is -0.112. The number of halogens is 2. The molecule has 0 saturated carbocycles. The molecule has 3 nitrogen and oxygen atoms in total. The van der Waals surface area contributed by atoms with Crippen molar-refractivity contribution in [1.82, 2.24) is 9.80 Å². The van der Waals surface area contributed by atoms with Crippen LogP contribution in [-0.4, -0.2) is 55.4 Å². The first-order chi connectivity index (χ1) is 8.97. The van der Waals surface area contributed by atoms with E-state index in [9.17, 15) is 9.18 Å². The van der Waals surface area contributed by atoms with Gasteiger partial charge in [-0.15, -0.1) is 0 Å². The highest BCUT2D eigenvalue weighted by Crippen LogP contribution is 2.20. The summed E-state index contributed by atoms with van der Waals surface area (Å²) in [6.07, 6.45) is 0.337. The van der Waals surface area contributed by atoms with Gasteiger partial charge in [-0.25, -0.2) is 4.39 Å². The predicted molar refractivity (Wildman–Crippen MR) is 76.7 cm³/mol. The molecule has 1 aromatic rings. The van der Waals surface area contributed by atoms with Crippen molar-refractivity contribution in [3.05, 3.63) is 34.1 Å². The van der Waals surface area contributed by atoms with E-state index >= 15 is 0 Å². The molecule has 1 heterocycles. The van der Waals surface area contributed by atoms with Gasteiger partial charge < -0.3 is 4.90 Å². The van der Waals surface area contributed by atoms with Gasteiger partial charge in [0.05, 0.1) is 6.04 Å². The Morgan fingerprint density at radius 3 is 2.84 bits per heavy atom. The third-order valence-corrected chi connectivity index (χ3v) is 4.34. The minimum absolute atomic E-state index is 0.0734. The van der Waals surface area contributed by atoms with Gasteiger partial charge in [0.1, 0.15) is 5.82 Å². The zero-order valence-corrected chi connectivity index (χ0v) is 12.8. The van der Waals surface area contributed by atoms with Crippen molar-refractivity contribution < 1.29 is 9.18 Å². The van der Waals surface area contributed by atoms with Crippen LogP contribution >= 0.6 is 15.9 Å². The van der Waals surface area contributed by atoms with E-state index in [4.69, 9.17) is 0 Å². The molecule has 1 aromatic carbocycles. The maximum absolute atomic E-state index is 13.0. The number of carbonyl (C=O) groups is 1. The molecule has 0 aliphatic carbocycles. The van der Waals surface area contributed by atoms with Gasteiger partial charge in [0.15, 0.2) is 5.78 Å². The summed E-state index contributed by atoms with van der Waals surface area (Å²) >= 11 is 3.31. The van der Waals surface area contributed by atoms with Crippen molar-refractivity contribution in [2.75, 3.05) is 33.7 Å². The molecule has 5 heteroatoms. The van der Waals surface area contributed by atoms with Gasteiger partial charge in [0.2, 0.25) is 0 Å². The molecule has 0 radical (unpaired) electrons. The number of benzene rings is 1. The number of likely N-dealkylation sites (N-methyl/N-ethyl adjacent to an activating group) is 2. The van der Waals surface area contributed by atoms with Crippen LogP contribution in [0.1, 0.15) is 5.56 Å². The summed E-state index contributed by atoms with van der Waals surface area (Å²) in [5, 5.41) is 0. The van der Waals surface area contributed by atoms with E-state index in [1.165, 1.54) is 12.1 Å². The van der Waals surface area contributed by atoms with Crippen LogP contribution in [0.2, 0.25) is 0 Å². The van der Waals surface area contributed by atoms with Crippen LogP contribution in [-0.2, 0) is 11.2 Å². The molecule has 2 rings (SSSR count). The van der Waals surface area contributed by atoms with Gasteiger partial charge >= 0.3 is 0 Å². The lowest BCUT2D eigenvalue weighted by Gasteiger charge is -2.36. The van der Waals surface area contributed by atoms with Crippen LogP contribution in [0.15, 0.2) is 22.7 Å². The molecule has 0 bridgehead atoms. The lowest BCUT2D eigenvalue weighted by Crippen LogP contribution is -2.53. The van der Waals surface area contributed by atoms with Crippen molar-refractivity contribution in [3.8, 4) is 0 Å². The Hall–Kier alpha value is -0.780. The quantitative estimate of drug-likeness (QED) is 0.847. The second kappa shape index (κ2) is 6.11. The third kappa shape index (κ3) is 3.61. The minimum atomic E-state index is -0.294. The Morgan fingerprint density at radius 2 is 2.16 bits per heavy atom. The van der Waals surface area contributed by atoms with Crippen molar-refractivity contribution in [2.45, 2.75) is 12.5 Å². The summed E-state index contributed by atoms with van der Waals surface area (Å²) in [5.41, 5.74) is 0.841. The van der Waals surface area contributed by atoms with E-state index in [1.54, 1.807) is 6.07 Å². The molecule has 1 aliphatic heterocycles. The molecule has 1 saturated heterocycles. The Bertz CT molecular complexity index is 481. The normalized spacial score (nSPS) is 21.6. The summed E-state index contributed by atoms with van der Waals surface area (Å²) < 4.78 is 13.7. The topological polar surface area (TPSA) is 23.6 Å². The van der Waals surface area contributed by atoms with Crippen molar-refractivity contribution in [3.63, 3.8) is 0 Å². The first-order valence-electron chi connectivity index (χ1n) is 6.33. The second-order valence-electron chi connectivity index (χ2n) is 5.14. The molecule has 0 N–H and O–H groups in total. The van der Waals surface area contributed by atoms with E-state index in [1.807, 2.05) is 14.1 Å². The average Bonchev–Trinajstić information content (AvgIpc) is 2.35. The number of Topliss-reactive ketones (excluding diaryl/α,β-unsaturated/α-hetero) is 1. The Balaban J connectivity index is 2.07. The van der Waals surface area contributed by atoms with E-state index in [-0.39, 0.29) is 17.6 Å². The second-order valence-corrected chi connectivity index (χ2v) is 5.99. The van der Waals surface area contributed by atoms with Crippen molar-refractivity contribution in [2.24, 2.45) is 0 Å². The van der Waals surface area contributed by atoms with Gasteiger partial charge in [-0.05, 0) is 31.8 Å². The largest absolute Gasteiger partial charge is 0.303 e. The number of carbonyl (C=O) groups excluding carboxylic acids is 1. The monoisotopic (exact) mass is 328 g/mol. The molecule has 1 aliphatic rings. The number of rotatable bonds is 3. The third-order valence-electron chi connectivity index (χ3n) is 3.60. The smallest absolute Gasteiger partial charge is 0.155 e. The van der Waals surface area contributed by atoms with E-state index in [0.29, 0.717) is 10.9 Å². The SMILES string of the molecule is CN1CCN(C)C(C(=O)Cc2ccc(F)cc2Br)C1. The molecule has 0 amide bonds. The fourth-order valence-electron chi connectivity index (χ4n) is 2.33. The van der Waals surface area contributed by atoms with Crippen LogP contribution in [0.3, 0.4) is 0 Å². The van der Waals surface area contributed by atoms with Crippen LogP contribution in [0.4, 0.5) is 4.39 Å². The molecule has 1 fully saturated rings. The van der Waals surface area contributed by atoms with Crippen LogP contribution in [0, 0.1) is 5.82 Å². The number of hydrogen-bond acceptors (Lipinski definition) is 3. The zero-order valence-electron chi connectivity index (χ0n) is 11.2. The molecule has 1 atom stereocenters. The van der Waals surface area contributed by atoms with Gasteiger partial charge in [0.25, 0.3) is 0 Å². The average molecular weight is 329 g/mol. The number of hydrogen-bond donors (Lipinski definition) is 0. The van der Waals surface area contributed by atoms with Gasteiger partial charge in [-0.3, -0.25) is 9.69 Å². The van der Waals surface area contributed by atoms with E-state index < -0.39 is 0 Å². The molecule has 0 aromatic heterocycles. The highest BCUT2D eigenvalue weighted by Gasteiger charge is 2.28. The standard InChI is InChI=1S/C14H18BrFN2O/c1-17-5-6-18(2)13(9-17)14(19)7-10-3-4-11(16)8-12(10)15/h3-4,8,13H,5-7,9H2,1-2H3. The zero-order chi connectivity index (χ0) is 14.0. The van der Waals surface area contributed by atoms with Crippen molar-refractivity contribution >= 4 is 21.7 Å². The molecule has 19 heavy (non-hydrogen) atoms. The molecule has 104 valence electrons. The lowest BCUT2D eigenvalue weighted by molar-refractivity contribution is -0.125. The van der Waals surface area contributed by atoms with Gasteiger partial charge in [0, 0.05) is 30.5 Å². The summed E-state index contributed by atoms with van der Waals surface area (Å²) in [6.45, 7) is 2.65. The first-order valence-corrected chi connectivity index (χ1v) is 7.12. The van der Waals surface area contributed by atoms with Gasteiger partial charge in [-0.2, -0.15) is 0 Å². The maximum Gasteiger partial charge on any atom is 0.155 e. The minimum Gasteiger partial charge on any atom is -0.303 e. The van der Waals surface area contributed by atoms with E-state index in [2.05, 4.69) is 25.7 Å². The molecule has 1 unspecified atom stereocenters. The highest BCUT2D eigenvalue weighted by molar-refractivity contribution is 9.10. The number of ketones is 1. The van der Waals surface area contributed by atoms with Crippen LogP contribution in [0.5, 0.6) is 0 Å². The summed E-state index contributed by atoms with van der Waals surface area (Å²) in [7, 11) is 4.01. The Kier molecular flexibility index (Phi) is 4.71. The molecular formula is C14H18BrFN2O. The Morgan fingerprint density at radius 1 is 1.42 bits per heavy atom. The highest BCUT2D eigenvalue weighted by atomic mass is 79.9. The van der Waals surface area contributed by atoms with Crippen LogP contribution in [0.25, 0.3) is 0 Å². The maximum atomic E-state index is 13.0. The Labute approximate surface area is 121 Å². The van der Waals surface area contributed by atoms with Crippen LogP contribution < -0.4 is 0 Å². The van der Waals surface area contributed by atoms with Crippen molar-refractivity contribution in [1.29, 1.82) is 0 Å². The molecular weight excluding hydrogens is 311 g/mol. The molecule has 0 spiro atoms. The predicted octanol–water partition coefficient (Wildman–Crippen LogP) is 1.95. The fourth-order valence-corrected chi connectivity index (χ4v) is 2.82. The summed E-state index contributed by atoms with van der Waals surface area (Å²) in [6, 6.07) is 4.39. The first kappa shape index (κ1) is 14.6. The number of nitrogens with zero attached hydrogens (tertiary/aromatic N) is 2. The van der Waals surface area contributed by atoms with E-state index in [0.717, 1.165) is 25.2 Å². The van der Waals surface area contributed by atoms with Gasteiger partial charge in [-0.1, -0.05) is 22.0 Å². The lowest BCUT2D eigenvalue weighted by atomic mass is 10.0. The summed E-state index contributed by atoms with van der Waals surface area (Å²) in [4.78, 5) is 16.6.